The highest BCUT2D eigenvalue weighted by Crippen LogP contribution is 2.30. The van der Waals surface area contributed by atoms with Crippen LogP contribution in [0.1, 0.15) is 44.6 Å². The third-order valence-corrected chi connectivity index (χ3v) is 4.71. The van der Waals surface area contributed by atoms with Crippen molar-refractivity contribution in [2.45, 2.75) is 33.1 Å². The lowest BCUT2D eigenvalue weighted by Gasteiger charge is -2.15. The number of ketones is 1. The first kappa shape index (κ1) is 22.9. The zero-order valence-corrected chi connectivity index (χ0v) is 17.4. The van der Waals surface area contributed by atoms with Crippen LogP contribution in [-0.4, -0.2) is 27.6 Å². The van der Waals surface area contributed by atoms with Crippen molar-refractivity contribution in [3.05, 3.63) is 92.9 Å². The molecule has 0 spiro atoms. The van der Waals surface area contributed by atoms with Gasteiger partial charge < -0.3 is 4.74 Å². The molecule has 9 heteroatoms. The minimum Gasteiger partial charge on any atom is -0.449 e. The summed E-state index contributed by atoms with van der Waals surface area (Å²) in [6.07, 6.45) is -5.77. The fourth-order valence-corrected chi connectivity index (χ4v) is 2.99. The van der Waals surface area contributed by atoms with E-state index in [9.17, 15) is 27.6 Å². The first-order valence-electron chi connectivity index (χ1n) is 9.58. The minimum atomic E-state index is -4.57. The van der Waals surface area contributed by atoms with Gasteiger partial charge in [0.1, 0.15) is 0 Å². The van der Waals surface area contributed by atoms with E-state index >= 15 is 0 Å². The molecule has 3 rings (SSSR count). The number of benzene rings is 2. The monoisotopic (exact) mass is 444 g/mol. The number of hydrogen-bond donors (Lipinski definition) is 0. The Labute approximate surface area is 181 Å². The van der Waals surface area contributed by atoms with Gasteiger partial charge in [-0.1, -0.05) is 35.9 Å². The number of ether oxygens (including phenoxy) is 1. The molecule has 0 saturated carbocycles. The van der Waals surface area contributed by atoms with Gasteiger partial charge in [0.05, 0.1) is 11.3 Å². The summed E-state index contributed by atoms with van der Waals surface area (Å²) in [5.74, 6) is -1.62. The van der Waals surface area contributed by atoms with Gasteiger partial charge in [0.2, 0.25) is 16.9 Å². The summed E-state index contributed by atoms with van der Waals surface area (Å²) in [6.45, 7) is 4.68. The Morgan fingerprint density at radius 3 is 2.31 bits per heavy atom. The molecule has 0 N–H and O–H groups in total. The van der Waals surface area contributed by atoms with Gasteiger partial charge in [0, 0.05) is 17.3 Å². The highest BCUT2D eigenvalue weighted by molar-refractivity contribution is 6.01. The standard InChI is InChI=1S/C23H19F3N2O4/c1-13-7-9-16(10-8-13)21(30)15(3)32-22(31)20-19(29)11-14(2)28(27-20)18-6-4-5-17(12-18)23(24,25)26/h4-12,15H,1-3H3. The largest absolute Gasteiger partial charge is 0.449 e. The minimum absolute atomic E-state index is 0.00940. The molecule has 0 fully saturated rings. The summed E-state index contributed by atoms with van der Waals surface area (Å²) in [4.78, 5) is 37.4. The number of aryl methyl sites for hydroxylation is 2. The Morgan fingerprint density at radius 1 is 1.03 bits per heavy atom. The van der Waals surface area contributed by atoms with Crippen LogP contribution in [0.15, 0.2) is 59.4 Å². The average Bonchev–Trinajstić information content (AvgIpc) is 2.73. The van der Waals surface area contributed by atoms with Gasteiger partial charge in [0.15, 0.2) is 6.10 Å². The van der Waals surface area contributed by atoms with Crippen LogP contribution in [0.25, 0.3) is 5.69 Å². The number of aromatic nitrogens is 2. The van der Waals surface area contributed by atoms with Crippen molar-refractivity contribution in [1.82, 2.24) is 9.78 Å². The van der Waals surface area contributed by atoms with Gasteiger partial charge in [0.25, 0.3) is 0 Å². The van der Waals surface area contributed by atoms with Gasteiger partial charge in [-0.05, 0) is 39.0 Å². The van der Waals surface area contributed by atoms with Crippen molar-refractivity contribution >= 4 is 11.8 Å². The van der Waals surface area contributed by atoms with Crippen molar-refractivity contribution < 1.29 is 27.5 Å². The maximum absolute atomic E-state index is 13.1. The molecule has 1 heterocycles. The first-order valence-corrected chi connectivity index (χ1v) is 9.58. The Morgan fingerprint density at radius 2 is 1.69 bits per heavy atom. The van der Waals surface area contributed by atoms with Crippen LogP contribution in [0.3, 0.4) is 0 Å². The highest BCUT2D eigenvalue weighted by atomic mass is 19.4. The molecule has 3 aromatic rings. The summed E-state index contributed by atoms with van der Waals surface area (Å²) in [7, 11) is 0. The van der Waals surface area contributed by atoms with Crippen LogP contribution in [0.4, 0.5) is 13.2 Å². The Balaban J connectivity index is 1.90. The zero-order chi connectivity index (χ0) is 23.6. The number of Topliss-reactive ketones (excluding diaryl/α,β-unsaturated/α-hetero) is 1. The first-order chi connectivity index (χ1) is 15.0. The van der Waals surface area contributed by atoms with E-state index in [-0.39, 0.29) is 11.4 Å². The molecule has 0 radical (unpaired) electrons. The molecule has 2 aromatic carbocycles. The fourth-order valence-electron chi connectivity index (χ4n) is 2.99. The SMILES string of the molecule is Cc1ccc(C(=O)C(C)OC(=O)c2nn(-c3cccc(C(F)(F)F)c3)c(C)cc2=O)cc1. The number of rotatable bonds is 5. The van der Waals surface area contributed by atoms with E-state index in [0.29, 0.717) is 5.56 Å². The number of hydrogen-bond acceptors (Lipinski definition) is 5. The molecule has 0 aliphatic carbocycles. The average molecular weight is 444 g/mol. The third kappa shape index (κ3) is 4.93. The molecule has 166 valence electrons. The van der Waals surface area contributed by atoms with Crippen molar-refractivity contribution in [1.29, 1.82) is 0 Å². The lowest BCUT2D eigenvalue weighted by atomic mass is 10.1. The van der Waals surface area contributed by atoms with Crippen LogP contribution in [0.2, 0.25) is 0 Å². The molecule has 1 atom stereocenters. The highest BCUT2D eigenvalue weighted by Gasteiger charge is 2.31. The number of nitrogens with zero attached hydrogens (tertiary/aromatic N) is 2. The summed E-state index contributed by atoms with van der Waals surface area (Å²) < 4.78 is 45.3. The van der Waals surface area contributed by atoms with Crippen LogP contribution in [0, 0.1) is 13.8 Å². The predicted molar refractivity (Wildman–Crippen MR) is 110 cm³/mol. The Kier molecular flexibility index (Phi) is 6.29. The van der Waals surface area contributed by atoms with Gasteiger partial charge in [-0.3, -0.25) is 9.59 Å². The van der Waals surface area contributed by atoms with Crippen molar-refractivity contribution in [2.24, 2.45) is 0 Å². The molecule has 0 amide bonds. The molecule has 1 unspecified atom stereocenters. The van der Waals surface area contributed by atoms with Gasteiger partial charge in [-0.15, -0.1) is 0 Å². The van der Waals surface area contributed by atoms with E-state index in [1.54, 1.807) is 24.3 Å². The third-order valence-electron chi connectivity index (χ3n) is 4.71. The van der Waals surface area contributed by atoms with Crippen LogP contribution in [-0.2, 0) is 10.9 Å². The molecular formula is C23H19F3N2O4. The molecule has 32 heavy (non-hydrogen) atoms. The number of halogens is 3. The topological polar surface area (TPSA) is 78.3 Å². The molecule has 1 aromatic heterocycles. The normalized spacial score (nSPS) is 12.3. The van der Waals surface area contributed by atoms with Crippen LogP contribution in [0.5, 0.6) is 0 Å². The number of alkyl halides is 3. The second kappa shape index (κ2) is 8.78. The van der Waals surface area contributed by atoms with Crippen LogP contribution < -0.4 is 5.43 Å². The van der Waals surface area contributed by atoms with Gasteiger partial charge in [-0.2, -0.15) is 18.3 Å². The second-order valence-corrected chi connectivity index (χ2v) is 7.24. The predicted octanol–water partition coefficient (Wildman–Crippen LogP) is 4.30. The molecule has 0 aliphatic rings. The van der Waals surface area contributed by atoms with Gasteiger partial charge in [-0.25, -0.2) is 9.48 Å². The maximum Gasteiger partial charge on any atom is 0.416 e. The van der Waals surface area contributed by atoms with Crippen LogP contribution >= 0.6 is 0 Å². The maximum atomic E-state index is 13.1. The van der Waals surface area contributed by atoms with E-state index in [1.807, 2.05) is 6.92 Å². The van der Waals surface area contributed by atoms with Gasteiger partial charge >= 0.3 is 12.1 Å². The number of carbonyl (C=O) groups is 2. The van der Waals surface area contributed by atoms with Crippen molar-refractivity contribution in [3.8, 4) is 5.69 Å². The smallest absolute Gasteiger partial charge is 0.416 e. The van der Waals surface area contributed by atoms with Crippen molar-refractivity contribution in [2.75, 3.05) is 0 Å². The zero-order valence-electron chi connectivity index (χ0n) is 17.4. The number of esters is 1. The summed E-state index contributed by atoms with van der Waals surface area (Å²) in [6, 6.07) is 12.0. The Bertz CT molecular complexity index is 1230. The Hall–Kier alpha value is -3.75. The summed E-state index contributed by atoms with van der Waals surface area (Å²) in [5.41, 5.74) is -0.817. The lowest BCUT2D eigenvalue weighted by Crippen LogP contribution is -2.29. The molecule has 0 saturated heterocycles. The van der Waals surface area contributed by atoms with E-state index < -0.39 is 40.7 Å². The lowest BCUT2D eigenvalue weighted by molar-refractivity contribution is -0.137. The molecule has 0 aliphatic heterocycles. The quantitative estimate of drug-likeness (QED) is 0.433. The summed E-state index contributed by atoms with van der Waals surface area (Å²) >= 11 is 0. The summed E-state index contributed by atoms with van der Waals surface area (Å²) in [5, 5.41) is 3.91. The molecule has 0 bridgehead atoms. The molecular weight excluding hydrogens is 425 g/mol. The van der Waals surface area contributed by atoms with E-state index in [1.165, 1.54) is 26.0 Å². The fraction of sp³-hybridized carbons (Fsp3) is 0.217. The van der Waals surface area contributed by atoms with E-state index in [2.05, 4.69) is 5.10 Å². The number of carbonyl (C=O) groups excluding carboxylic acids is 2. The molecule has 6 nitrogen and oxygen atoms in total. The van der Waals surface area contributed by atoms with Crippen molar-refractivity contribution in [3.63, 3.8) is 0 Å². The van der Waals surface area contributed by atoms with E-state index in [4.69, 9.17) is 4.74 Å². The van der Waals surface area contributed by atoms with E-state index in [0.717, 1.165) is 28.4 Å². The second-order valence-electron chi connectivity index (χ2n) is 7.24.